The number of ether oxygens (including phenoxy) is 1. The smallest absolute Gasteiger partial charge is 0.140 e. The molecule has 2 nitrogen and oxygen atoms in total. The summed E-state index contributed by atoms with van der Waals surface area (Å²) in [5, 5.41) is 0. The Kier molecular flexibility index (Phi) is 2.71. The zero-order chi connectivity index (χ0) is 9.97. The number of aryl methyl sites for hydroxylation is 2. The lowest BCUT2D eigenvalue weighted by Gasteiger charge is -2.08. The minimum absolute atomic E-state index is 0.806. The normalized spacial score (nSPS) is 15.6. The van der Waals surface area contributed by atoms with Crippen LogP contribution in [0.2, 0.25) is 0 Å². The number of hydrogen-bond donors (Lipinski definition) is 0. The molecule has 0 aromatic carbocycles. The molecule has 0 bridgehead atoms. The van der Waals surface area contributed by atoms with Gasteiger partial charge in [0.1, 0.15) is 5.75 Å². The molecular weight excluding hydrogens is 174 g/mol. The summed E-state index contributed by atoms with van der Waals surface area (Å²) in [5.74, 6) is 1.76. The molecule has 1 heterocycles. The zero-order valence-corrected chi connectivity index (χ0v) is 8.92. The van der Waals surface area contributed by atoms with Gasteiger partial charge in [-0.1, -0.05) is 6.92 Å². The highest BCUT2D eigenvalue weighted by atomic mass is 16.5. The van der Waals surface area contributed by atoms with Crippen molar-refractivity contribution in [3.63, 3.8) is 0 Å². The van der Waals surface area contributed by atoms with Gasteiger partial charge < -0.3 is 4.74 Å². The van der Waals surface area contributed by atoms with Crippen molar-refractivity contribution < 1.29 is 4.74 Å². The first-order valence-electron chi connectivity index (χ1n) is 5.38. The maximum absolute atomic E-state index is 5.70. The number of aromatic nitrogens is 1. The topological polar surface area (TPSA) is 22.1 Å². The highest BCUT2D eigenvalue weighted by Crippen LogP contribution is 2.30. The first-order chi connectivity index (χ1) is 6.79. The Morgan fingerprint density at radius 3 is 2.86 bits per heavy atom. The minimum atomic E-state index is 0.806. The molecule has 0 aliphatic heterocycles. The number of pyridine rings is 1. The van der Waals surface area contributed by atoms with Crippen LogP contribution in [0, 0.1) is 12.8 Å². The van der Waals surface area contributed by atoms with Crippen molar-refractivity contribution in [1.29, 1.82) is 0 Å². The third-order valence-corrected chi connectivity index (χ3v) is 2.65. The van der Waals surface area contributed by atoms with Crippen LogP contribution in [0.5, 0.6) is 5.75 Å². The van der Waals surface area contributed by atoms with Crippen LogP contribution < -0.4 is 4.74 Å². The van der Waals surface area contributed by atoms with E-state index in [1.165, 1.54) is 18.4 Å². The van der Waals surface area contributed by atoms with Crippen molar-refractivity contribution >= 4 is 0 Å². The molecule has 14 heavy (non-hydrogen) atoms. The van der Waals surface area contributed by atoms with E-state index in [1.807, 2.05) is 6.20 Å². The molecule has 1 aromatic heterocycles. The van der Waals surface area contributed by atoms with Crippen LogP contribution >= 0.6 is 0 Å². The largest absolute Gasteiger partial charge is 0.491 e. The Morgan fingerprint density at radius 2 is 2.29 bits per heavy atom. The summed E-state index contributed by atoms with van der Waals surface area (Å²) in [7, 11) is 0. The lowest BCUT2D eigenvalue weighted by molar-refractivity contribution is 0.296. The number of rotatable bonds is 4. The summed E-state index contributed by atoms with van der Waals surface area (Å²) < 4.78 is 5.70. The van der Waals surface area contributed by atoms with Crippen LogP contribution in [0.1, 0.15) is 31.0 Å². The average molecular weight is 191 g/mol. The van der Waals surface area contributed by atoms with E-state index in [0.29, 0.717) is 0 Å². The van der Waals surface area contributed by atoms with Crippen molar-refractivity contribution in [2.75, 3.05) is 6.61 Å². The van der Waals surface area contributed by atoms with Crippen molar-refractivity contribution in [1.82, 2.24) is 4.98 Å². The highest BCUT2D eigenvalue weighted by molar-refractivity contribution is 5.31. The van der Waals surface area contributed by atoms with Gasteiger partial charge in [0.25, 0.3) is 0 Å². The summed E-state index contributed by atoms with van der Waals surface area (Å²) >= 11 is 0. The lowest BCUT2D eigenvalue weighted by atomic mass is 10.2. The van der Waals surface area contributed by atoms with Crippen molar-refractivity contribution in [2.45, 2.75) is 33.1 Å². The van der Waals surface area contributed by atoms with E-state index in [1.54, 1.807) is 0 Å². The van der Waals surface area contributed by atoms with Gasteiger partial charge in [0.15, 0.2) is 0 Å². The van der Waals surface area contributed by atoms with E-state index in [9.17, 15) is 0 Å². The molecule has 1 aromatic rings. The molecule has 0 radical (unpaired) electrons. The Labute approximate surface area is 85.3 Å². The molecule has 1 fully saturated rings. The van der Waals surface area contributed by atoms with Gasteiger partial charge in [0, 0.05) is 5.69 Å². The molecule has 1 saturated carbocycles. The Bertz CT molecular complexity index is 318. The first-order valence-corrected chi connectivity index (χ1v) is 5.38. The lowest BCUT2D eigenvalue weighted by Crippen LogP contribution is -2.01. The predicted octanol–water partition coefficient (Wildman–Crippen LogP) is 2.74. The Balaban J connectivity index is 2.01. The van der Waals surface area contributed by atoms with Crippen LogP contribution in [0.3, 0.4) is 0 Å². The maximum atomic E-state index is 5.70. The summed E-state index contributed by atoms with van der Waals surface area (Å²) in [6.07, 6.45) is 5.51. The van der Waals surface area contributed by atoms with E-state index >= 15 is 0 Å². The molecule has 2 rings (SSSR count). The monoisotopic (exact) mass is 191 g/mol. The number of hydrogen-bond acceptors (Lipinski definition) is 2. The second-order valence-corrected chi connectivity index (χ2v) is 4.05. The summed E-state index contributed by atoms with van der Waals surface area (Å²) in [5.41, 5.74) is 2.35. The zero-order valence-electron chi connectivity index (χ0n) is 8.92. The van der Waals surface area contributed by atoms with E-state index < -0.39 is 0 Å². The third kappa shape index (κ3) is 2.25. The van der Waals surface area contributed by atoms with Gasteiger partial charge in [-0.2, -0.15) is 0 Å². The van der Waals surface area contributed by atoms with Crippen LogP contribution in [-0.4, -0.2) is 11.6 Å². The fourth-order valence-electron chi connectivity index (χ4n) is 1.44. The predicted molar refractivity (Wildman–Crippen MR) is 56.6 cm³/mol. The Hall–Kier alpha value is -1.05. The molecular formula is C12H17NO. The molecule has 0 amide bonds. The van der Waals surface area contributed by atoms with Crippen LogP contribution in [-0.2, 0) is 6.42 Å². The van der Waals surface area contributed by atoms with Gasteiger partial charge in [0.2, 0.25) is 0 Å². The third-order valence-electron chi connectivity index (χ3n) is 2.65. The molecule has 2 heteroatoms. The van der Waals surface area contributed by atoms with Gasteiger partial charge in [-0.3, -0.25) is 4.98 Å². The van der Waals surface area contributed by atoms with E-state index in [2.05, 4.69) is 24.9 Å². The van der Waals surface area contributed by atoms with Gasteiger partial charge in [-0.05, 0) is 43.7 Å². The SMILES string of the molecule is CCc1cc(C)c(OCC2CC2)cn1. The molecule has 1 aliphatic carbocycles. The van der Waals surface area contributed by atoms with Gasteiger partial charge in [-0.15, -0.1) is 0 Å². The van der Waals surface area contributed by atoms with Crippen molar-refractivity contribution in [2.24, 2.45) is 5.92 Å². The summed E-state index contributed by atoms with van der Waals surface area (Å²) in [6, 6.07) is 2.11. The molecule has 0 atom stereocenters. The number of nitrogens with zero attached hydrogens (tertiary/aromatic N) is 1. The van der Waals surface area contributed by atoms with E-state index in [4.69, 9.17) is 4.74 Å². The summed E-state index contributed by atoms with van der Waals surface area (Å²) in [4.78, 5) is 4.33. The molecule has 0 N–H and O–H groups in total. The molecule has 76 valence electrons. The molecule has 1 aliphatic rings. The minimum Gasteiger partial charge on any atom is -0.491 e. The first kappa shape index (κ1) is 9.50. The molecule has 0 unspecified atom stereocenters. The van der Waals surface area contributed by atoms with Crippen molar-refractivity contribution in [3.8, 4) is 5.75 Å². The fraction of sp³-hybridized carbons (Fsp3) is 0.583. The van der Waals surface area contributed by atoms with Crippen molar-refractivity contribution in [3.05, 3.63) is 23.5 Å². The molecule has 0 spiro atoms. The Morgan fingerprint density at radius 1 is 1.50 bits per heavy atom. The van der Waals surface area contributed by atoms with Gasteiger partial charge >= 0.3 is 0 Å². The van der Waals surface area contributed by atoms with E-state index in [-0.39, 0.29) is 0 Å². The quantitative estimate of drug-likeness (QED) is 0.730. The standard InChI is InChI=1S/C12H17NO/c1-3-11-6-9(2)12(7-13-11)14-8-10-4-5-10/h6-7,10H,3-5,8H2,1-2H3. The van der Waals surface area contributed by atoms with Gasteiger partial charge in [-0.25, -0.2) is 0 Å². The highest BCUT2D eigenvalue weighted by Gasteiger charge is 2.22. The molecule has 0 saturated heterocycles. The van der Waals surface area contributed by atoms with Crippen LogP contribution in [0.4, 0.5) is 0 Å². The van der Waals surface area contributed by atoms with Gasteiger partial charge in [0.05, 0.1) is 12.8 Å². The fourth-order valence-corrected chi connectivity index (χ4v) is 1.44. The van der Waals surface area contributed by atoms with E-state index in [0.717, 1.165) is 30.4 Å². The van der Waals surface area contributed by atoms with Crippen LogP contribution in [0.15, 0.2) is 12.3 Å². The second kappa shape index (κ2) is 3.99. The van der Waals surface area contributed by atoms with Crippen LogP contribution in [0.25, 0.3) is 0 Å². The maximum Gasteiger partial charge on any atom is 0.140 e. The summed E-state index contributed by atoms with van der Waals surface area (Å²) in [6.45, 7) is 5.07. The second-order valence-electron chi connectivity index (χ2n) is 4.05. The average Bonchev–Trinajstić information content (AvgIpc) is 2.99.